The molecule has 2 fully saturated rings. The summed E-state index contributed by atoms with van der Waals surface area (Å²) in [7, 11) is 0. The number of carbonyl (C=O) groups excluding carboxylic acids is 3. The van der Waals surface area contributed by atoms with Gasteiger partial charge in [-0.3, -0.25) is 19.3 Å². The second-order valence-electron chi connectivity index (χ2n) is 8.57. The van der Waals surface area contributed by atoms with Crippen LogP contribution in [0.5, 0.6) is 0 Å². The van der Waals surface area contributed by atoms with Gasteiger partial charge >= 0.3 is 0 Å². The van der Waals surface area contributed by atoms with Crippen molar-refractivity contribution in [3.63, 3.8) is 0 Å². The third kappa shape index (κ3) is 3.15. The molecule has 146 valence electrons. The predicted octanol–water partition coefficient (Wildman–Crippen LogP) is 2.95. The predicted molar refractivity (Wildman–Crippen MR) is 99.2 cm³/mol. The second kappa shape index (κ2) is 6.73. The summed E-state index contributed by atoms with van der Waals surface area (Å²) >= 11 is 0. The summed E-state index contributed by atoms with van der Waals surface area (Å²) in [5.41, 5.74) is -0.660. The van der Waals surface area contributed by atoms with Crippen molar-refractivity contribution in [1.82, 2.24) is 9.80 Å². The van der Waals surface area contributed by atoms with Crippen LogP contribution in [0, 0.1) is 16.6 Å². The molecule has 2 aliphatic heterocycles. The monoisotopic (exact) mass is 374 g/mol. The van der Waals surface area contributed by atoms with Crippen molar-refractivity contribution in [3.8, 4) is 0 Å². The van der Waals surface area contributed by atoms with Gasteiger partial charge < -0.3 is 4.90 Å². The largest absolute Gasteiger partial charge is 0.342 e. The molecule has 0 saturated carbocycles. The number of hydrogen-bond acceptors (Lipinski definition) is 3. The number of likely N-dealkylation sites (tertiary alicyclic amines) is 2. The smallest absolute Gasteiger partial charge is 0.237 e. The molecule has 1 atom stereocenters. The zero-order valence-electron chi connectivity index (χ0n) is 16.4. The molecule has 1 unspecified atom stereocenters. The number of hydrogen-bond donors (Lipinski definition) is 0. The number of imide groups is 1. The Balaban J connectivity index is 1.94. The Morgan fingerprint density at radius 2 is 1.70 bits per heavy atom. The maximum absolute atomic E-state index is 13.4. The van der Waals surface area contributed by atoms with E-state index in [1.54, 1.807) is 24.0 Å². The first kappa shape index (κ1) is 19.5. The Hall–Kier alpha value is -2.24. The van der Waals surface area contributed by atoms with Crippen molar-refractivity contribution in [2.24, 2.45) is 10.8 Å². The number of benzene rings is 1. The summed E-state index contributed by atoms with van der Waals surface area (Å²) in [4.78, 5) is 41.9. The number of halogens is 1. The standard InChI is InChI=1S/C21H27FN2O3/c1-5-24-17(25)16(14-6-8-15(22)9-7-14)21(19(24)27)10-12-23(13-11-21)18(26)20(2,3)4/h6-9,16H,5,10-13H2,1-4H3. The molecule has 2 saturated heterocycles. The van der Waals surface area contributed by atoms with Crippen LogP contribution in [-0.2, 0) is 14.4 Å². The molecule has 0 radical (unpaired) electrons. The third-order valence-corrected chi connectivity index (χ3v) is 5.84. The highest BCUT2D eigenvalue weighted by Crippen LogP contribution is 2.51. The van der Waals surface area contributed by atoms with E-state index in [-0.39, 0.29) is 23.5 Å². The van der Waals surface area contributed by atoms with E-state index in [0.29, 0.717) is 38.0 Å². The van der Waals surface area contributed by atoms with Crippen molar-refractivity contribution in [1.29, 1.82) is 0 Å². The topological polar surface area (TPSA) is 57.7 Å². The Labute approximate surface area is 159 Å². The molecular weight excluding hydrogens is 347 g/mol. The molecule has 0 aromatic heterocycles. The lowest BCUT2D eigenvalue weighted by atomic mass is 9.67. The highest BCUT2D eigenvalue weighted by molar-refractivity contribution is 6.10. The lowest BCUT2D eigenvalue weighted by Gasteiger charge is -2.42. The fourth-order valence-corrected chi connectivity index (χ4v) is 4.39. The lowest BCUT2D eigenvalue weighted by molar-refractivity contribution is -0.147. The summed E-state index contributed by atoms with van der Waals surface area (Å²) in [5, 5.41) is 0. The Morgan fingerprint density at radius 1 is 1.15 bits per heavy atom. The van der Waals surface area contributed by atoms with Crippen LogP contribution in [0.25, 0.3) is 0 Å². The van der Waals surface area contributed by atoms with Crippen LogP contribution in [0.1, 0.15) is 52.0 Å². The van der Waals surface area contributed by atoms with E-state index in [1.165, 1.54) is 17.0 Å². The molecule has 0 N–H and O–H groups in total. The maximum Gasteiger partial charge on any atom is 0.237 e. The Morgan fingerprint density at radius 3 is 2.19 bits per heavy atom. The SMILES string of the molecule is CCN1C(=O)C(c2ccc(F)cc2)C2(CCN(C(=O)C(C)(C)C)CC2)C1=O. The number of likely N-dealkylation sites (N-methyl/N-ethyl adjacent to an activating group) is 1. The van der Waals surface area contributed by atoms with E-state index in [4.69, 9.17) is 0 Å². The third-order valence-electron chi connectivity index (χ3n) is 5.84. The van der Waals surface area contributed by atoms with Crippen LogP contribution in [0.15, 0.2) is 24.3 Å². The second-order valence-corrected chi connectivity index (χ2v) is 8.57. The number of carbonyl (C=O) groups is 3. The first-order valence-electron chi connectivity index (χ1n) is 9.52. The molecule has 0 bridgehead atoms. The Bertz CT molecular complexity index is 759. The highest BCUT2D eigenvalue weighted by Gasteiger charge is 2.60. The maximum atomic E-state index is 13.4. The summed E-state index contributed by atoms with van der Waals surface area (Å²) < 4.78 is 13.4. The van der Waals surface area contributed by atoms with Gasteiger partial charge in [-0.15, -0.1) is 0 Å². The van der Waals surface area contributed by atoms with Gasteiger partial charge in [-0.2, -0.15) is 0 Å². The Kier molecular flexibility index (Phi) is 4.87. The quantitative estimate of drug-likeness (QED) is 0.748. The van der Waals surface area contributed by atoms with E-state index in [9.17, 15) is 18.8 Å². The van der Waals surface area contributed by atoms with Crippen LogP contribution >= 0.6 is 0 Å². The van der Waals surface area contributed by atoms with Crippen LogP contribution in [0.4, 0.5) is 4.39 Å². The molecule has 0 aliphatic carbocycles. The molecule has 6 heteroatoms. The van der Waals surface area contributed by atoms with Crippen molar-refractivity contribution in [3.05, 3.63) is 35.6 Å². The zero-order chi connectivity index (χ0) is 20.0. The van der Waals surface area contributed by atoms with Crippen LogP contribution < -0.4 is 0 Å². The average Bonchev–Trinajstić information content (AvgIpc) is 2.82. The van der Waals surface area contributed by atoms with Crippen molar-refractivity contribution in [2.75, 3.05) is 19.6 Å². The summed E-state index contributed by atoms with van der Waals surface area (Å²) in [6.07, 6.45) is 0.885. The van der Waals surface area contributed by atoms with Gasteiger partial charge in [0.15, 0.2) is 0 Å². The van der Waals surface area contributed by atoms with Gasteiger partial charge in [0.1, 0.15) is 5.82 Å². The number of rotatable bonds is 2. The average molecular weight is 374 g/mol. The minimum atomic E-state index is -0.848. The van der Waals surface area contributed by atoms with E-state index in [1.807, 2.05) is 20.8 Å². The number of nitrogens with zero attached hydrogens (tertiary/aromatic N) is 2. The first-order valence-corrected chi connectivity index (χ1v) is 9.52. The van der Waals surface area contributed by atoms with E-state index in [2.05, 4.69) is 0 Å². The molecule has 3 amide bonds. The molecule has 1 aromatic carbocycles. The molecule has 27 heavy (non-hydrogen) atoms. The lowest BCUT2D eigenvalue weighted by Crippen LogP contribution is -2.50. The van der Waals surface area contributed by atoms with Gasteiger partial charge in [0.2, 0.25) is 17.7 Å². The fraction of sp³-hybridized carbons (Fsp3) is 0.571. The molecule has 3 rings (SSSR count). The van der Waals surface area contributed by atoms with Crippen molar-refractivity contribution in [2.45, 2.75) is 46.5 Å². The molecule has 5 nitrogen and oxygen atoms in total. The van der Waals surface area contributed by atoms with Gasteiger partial charge in [-0.05, 0) is 37.5 Å². The summed E-state index contributed by atoms with van der Waals surface area (Å²) in [5.74, 6) is -1.31. The first-order chi connectivity index (χ1) is 12.6. The minimum absolute atomic E-state index is 0.0554. The normalized spacial score (nSPS) is 22.6. The number of piperidine rings is 1. The van der Waals surface area contributed by atoms with E-state index < -0.39 is 16.7 Å². The summed E-state index contributed by atoms with van der Waals surface area (Å²) in [6, 6.07) is 5.85. The van der Waals surface area contributed by atoms with Gasteiger partial charge in [0.05, 0.1) is 11.3 Å². The fourth-order valence-electron chi connectivity index (χ4n) is 4.39. The number of amides is 3. The van der Waals surface area contributed by atoms with Crippen LogP contribution in [0.3, 0.4) is 0 Å². The van der Waals surface area contributed by atoms with E-state index >= 15 is 0 Å². The van der Waals surface area contributed by atoms with Crippen molar-refractivity contribution < 1.29 is 18.8 Å². The summed E-state index contributed by atoms with van der Waals surface area (Å²) in [6.45, 7) is 8.64. The van der Waals surface area contributed by atoms with Gasteiger partial charge in [-0.25, -0.2) is 4.39 Å². The highest BCUT2D eigenvalue weighted by atomic mass is 19.1. The molecular formula is C21H27FN2O3. The molecule has 2 aliphatic rings. The zero-order valence-corrected chi connectivity index (χ0v) is 16.4. The van der Waals surface area contributed by atoms with Crippen LogP contribution in [0.2, 0.25) is 0 Å². The van der Waals surface area contributed by atoms with Crippen LogP contribution in [-0.4, -0.2) is 47.2 Å². The van der Waals surface area contributed by atoms with Gasteiger partial charge in [0.25, 0.3) is 0 Å². The molecule has 1 spiro atoms. The molecule has 1 aromatic rings. The minimum Gasteiger partial charge on any atom is -0.342 e. The van der Waals surface area contributed by atoms with Gasteiger partial charge in [-0.1, -0.05) is 32.9 Å². The van der Waals surface area contributed by atoms with Crippen molar-refractivity contribution >= 4 is 17.7 Å². The molecule has 2 heterocycles. The van der Waals surface area contributed by atoms with Gasteiger partial charge in [0, 0.05) is 25.0 Å². The van der Waals surface area contributed by atoms with E-state index in [0.717, 1.165) is 0 Å².